The monoisotopic (exact) mass is 390 g/mol. The van der Waals surface area contributed by atoms with Crippen LogP contribution < -0.4 is 15.6 Å². The number of rotatable bonds is 5. The minimum absolute atomic E-state index is 0.0579. The molecular weight excluding hydrogens is 372 g/mol. The van der Waals surface area contributed by atoms with E-state index in [1.807, 2.05) is 48.5 Å². The largest absolute Gasteiger partial charge is 0.489 e. The number of hydrogen-bond acceptors (Lipinski definition) is 5. The van der Waals surface area contributed by atoms with Crippen LogP contribution in [0.4, 0.5) is 0 Å². The van der Waals surface area contributed by atoms with Gasteiger partial charge < -0.3 is 13.6 Å². The molecule has 29 heavy (non-hydrogen) atoms. The van der Waals surface area contributed by atoms with E-state index in [1.165, 1.54) is 6.26 Å². The molecule has 4 aromatic rings. The molecule has 0 bridgehead atoms. The molecule has 0 atom stereocenters. The lowest BCUT2D eigenvalue weighted by atomic mass is 10.1. The molecule has 0 fully saturated rings. The lowest BCUT2D eigenvalue weighted by molar-refractivity contribution is 0.0816. The van der Waals surface area contributed by atoms with Crippen molar-refractivity contribution in [1.29, 1.82) is 0 Å². The van der Waals surface area contributed by atoms with Gasteiger partial charge in [0.25, 0.3) is 0 Å². The molecule has 4 rings (SSSR count). The number of carbonyl (C=O) groups is 2. The number of nitrogens with one attached hydrogen (secondary N) is 2. The number of carbonyl (C=O) groups excluding carboxylic acids is 2. The minimum Gasteiger partial charge on any atom is -0.489 e. The smallest absolute Gasteiger partial charge is 0.305 e. The fourth-order valence-corrected chi connectivity index (χ4v) is 2.94. The highest BCUT2D eigenvalue weighted by Gasteiger charge is 2.20. The van der Waals surface area contributed by atoms with Gasteiger partial charge in [-0.1, -0.05) is 36.4 Å². The zero-order valence-electron chi connectivity index (χ0n) is 15.6. The van der Waals surface area contributed by atoms with Gasteiger partial charge in [-0.15, -0.1) is 0 Å². The molecule has 0 aliphatic heterocycles. The SMILES string of the molecule is Cc1c(C(=O)NNC(=O)c2occc2COc2ccccc2)oc2ccccc12. The van der Waals surface area contributed by atoms with Crippen LogP contribution in [0, 0.1) is 6.92 Å². The second-order valence-electron chi connectivity index (χ2n) is 6.34. The second kappa shape index (κ2) is 7.93. The van der Waals surface area contributed by atoms with Crippen LogP contribution in [-0.2, 0) is 6.61 Å². The molecule has 0 aliphatic rings. The number of para-hydroxylation sites is 2. The van der Waals surface area contributed by atoms with Gasteiger partial charge in [-0.3, -0.25) is 20.4 Å². The molecule has 7 nitrogen and oxygen atoms in total. The number of fused-ring (bicyclic) bond motifs is 1. The summed E-state index contributed by atoms with van der Waals surface area (Å²) in [5.74, 6) is -0.278. The molecule has 0 unspecified atom stereocenters. The number of hydrogen-bond donors (Lipinski definition) is 2. The van der Waals surface area contributed by atoms with Crippen LogP contribution >= 0.6 is 0 Å². The van der Waals surface area contributed by atoms with Crippen molar-refractivity contribution in [3.8, 4) is 5.75 Å². The van der Waals surface area contributed by atoms with Crippen LogP contribution in [0.2, 0.25) is 0 Å². The molecular formula is C22H18N2O5. The van der Waals surface area contributed by atoms with Crippen LogP contribution in [0.1, 0.15) is 32.2 Å². The lowest BCUT2D eigenvalue weighted by Crippen LogP contribution is -2.41. The Kier molecular flexibility index (Phi) is 5.03. The first-order chi connectivity index (χ1) is 14.1. The summed E-state index contributed by atoms with van der Waals surface area (Å²) in [6, 6.07) is 18.2. The van der Waals surface area contributed by atoms with E-state index < -0.39 is 11.8 Å². The Bertz CT molecular complexity index is 1160. The normalized spacial score (nSPS) is 10.7. The number of ether oxygens (including phenoxy) is 1. The first-order valence-electron chi connectivity index (χ1n) is 8.96. The molecule has 2 heterocycles. The first kappa shape index (κ1) is 18.4. The number of hydrazine groups is 1. The Balaban J connectivity index is 1.40. The predicted molar refractivity (Wildman–Crippen MR) is 105 cm³/mol. The van der Waals surface area contributed by atoms with Crippen molar-refractivity contribution in [2.45, 2.75) is 13.5 Å². The topological polar surface area (TPSA) is 93.7 Å². The number of furan rings is 2. The van der Waals surface area contributed by atoms with Crippen LogP contribution in [0.5, 0.6) is 5.75 Å². The van der Waals surface area contributed by atoms with E-state index in [9.17, 15) is 9.59 Å². The highest BCUT2D eigenvalue weighted by atomic mass is 16.5. The molecule has 0 aliphatic carbocycles. The molecule has 0 saturated carbocycles. The predicted octanol–water partition coefficient (Wildman–Crippen LogP) is 3.99. The van der Waals surface area contributed by atoms with Gasteiger partial charge >= 0.3 is 11.8 Å². The van der Waals surface area contributed by atoms with E-state index in [0.717, 1.165) is 5.39 Å². The average molecular weight is 390 g/mol. The maximum absolute atomic E-state index is 12.4. The van der Waals surface area contributed by atoms with Gasteiger partial charge in [-0.25, -0.2) is 0 Å². The van der Waals surface area contributed by atoms with Crippen LogP contribution in [0.15, 0.2) is 75.8 Å². The molecule has 0 radical (unpaired) electrons. The number of aryl methyl sites for hydroxylation is 1. The molecule has 2 aromatic carbocycles. The maximum Gasteiger partial charge on any atom is 0.305 e. The molecule has 7 heteroatoms. The third-order valence-electron chi connectivity index (χ3n) is 4.43. The lowest BCUT2D eigenvalue weighted by Gasteiger charge is -2.08. The van der Waals surface area contributed by atoms with E-state index >= 15 is 0 Å². The molecule has 2 N–H and O–H groups in total. The van der Waals surface area contributed by atoms with Crippen molar-refractivity contribution < 1.29 is 23.2 Å². The van der Waals surface area contributed by atoms with Crippen molar-refractivity contribution in [2.75, 3.05) is 0 Å². The van der Waals surface area contributed by atoms with Crippen molar-refractivity contribution in [1.82, 2.24) is 10.9 Å². The van der Waals surface area contributed by atoms with Crippen LogP contribution in [0.25, 0.3) is 11.0 Å². The number of benzene rings is 2. The maximum atomic E-state index is 12.4. The third kappa shape index (κ3) is 3.84. The van der Waals surface area contributed by atoms with Crippen molar-refractivity contribution in [3.63, 3.8) is 0 Å². The summed E-state index contributed by atoms with van der Waals surface area (Å²) in [5, 5.41) is 0.843. The average Bonchev–Trinajstić information content (AvgIpc) is 3.36. The summed E-state index contributed by atoms with van der Waals surface area (Å²) in [5.41, 5.74) is 6.56. The summed E-state index contributed by atoms with van der Waals surface area (Å²) in [6.07, 6.45) is 1.39. The van der Waals surface area contributed by atoms with E-state index in [0.29, 0.717) is 22.5 Å². The molecule has 0 saturated heterocycles. The van der Waals surface area contributed by atoms with Gasteiger partial charge in [0.05, 0.1) is 6.26 Å². The van der Waals surface area contributed by atoms with Crippen molar-refractivity contribution >= 4 is 22.8 Å². The summed E-state index contributed by atoms with van der Waals surface area (Å²) in [6.45, 7) is 1.94. The Morgan fingerprint density at radius 2 is 1.59 bits per heavy atom. The summed E-state index contributed by atoms with van der Waals surface area (Å²) >= 11 is 0. The van der Waals surface area contributed by atoms with E-state index in [-0.39, 0.29) is 18.1 Å². The highest BCUT2D eigenvalue weighted by molar-refractivity contribution is 6.01. The zero-order chi connectivity index (χ0) is 20.2. The number of amides is 2. The van der Waals surface area contributed by atoms with Gasteiger partial charge in [-0.05, 0) is 31.2 Å². The van der Waals surface area contributed by atoms with Crippen LogP contribution in [0.3, 0.4) is 0 Å². The quantitative estimate of drug-likeness (QED) is 0.503. The molecule has 2 aromatic heterocycles. The Morgan fingerprint density at radius 1 is 0.897 bits per heavy atom. The van der Waals surface area contributed by atoms with Gasteiger partial charge in [0.2, 0.25) is 0 Å². The van der Waals surface area contributed by atoms with Gasteiger partial charge in [-0.2, -0.15) is 0 Å². The fourth-order valence-electron chi connectivity index (χ4n) is 2.94. The van der Waals surface area contributed by atoms with Crippen molar-refractivity contribution in [3.05, 3.63) is 89.6 Å². The summed E-state index contributed by atoms with van der Waals surface area (Å²) < 4.78 is 16.5. The second-order valence-corrected chi connectivity index (χ2v) is 6.34. The molecule has 2 amide bonds. The van der Waals surface area contributed by atoms with E-state index in [1.54, 1.807) is 19.1 Å². The highest BCUT2D eigenvalue weighted by Crippen LogP contribution is 2.24. The van der Waals surface area contributed by atoms with Gasteiger partial charge in [0, 0.05) is 16.5 Å². The fraction of sp³-hybridized carbons (Fsp3) is 0.0909. The van der Waals surface area contributed by atoms with Gasteiger partial charge in [0.15, 0.2) is 11.5 Å². The molecule has 0 spiro atoms. The minimum atomic E-state index is -0.594. The van der Waals surface area contributed by atoms with E-state index in [2.05, 4.69) is 10.9 Å². The Morgan fingerprint density at radius 3 is 2.34 bits per heavy atom. The van der Waals surface area contributed by atoms with Crippen LogP contribution in [-0.4, -0.2) is 11.8 Å². The standard InChI is InChI=1S/C22H18N2O5/c1-14-17-9-5-6-10-18(17)29-19(14)21(25)23-24-22(26)20-15(11-12-27-20)13-28-16-7-3-2-4-8-16/h2-12H,13H2,1H3,(H,23,25)(H,24,26). The Labute approximate surface area is 166 Å². The first-order valence-corrected chi connectivity index (χ1v) is 8.96. The van der Waals surface area contributed by atoms with E-state index in [4.69, 9.17) is 13.6 Å². The third-order valence-corrected chi connectivity index (χ3v) is 4.43. The van der Waals surface area contributed by atoms with Crippen molar-refractivity contribution in [2.24, 2.45) is 0 Å². The summed E-state index contributed by atoms with van der Waals surface area (Å²) in [7, 11) is 0. The zero-order valence-corrected chi connectivity index (χ0v) is 15.6. The van der Waals surface area contributed by atoms with Gasteiger partial charge in [0.1, 0.15) is 17.9 Å². The summed E-state index contributed by atoms with van der Waals surface area (Å²) in [4.78, 5) is 24.9. The molecule has 146 valence electrons. The Hall–Kier alpha value is -4.00.